The van der Waals surface area contributed by atoms with Gasteiger partial charge >= 0.3 is 0 Å². The zero-order chi connectivity index (χ0) is 37.0. The van der Waals surface area contributed by atoms with Crippen LogP contribution in [0.3, 0.4) is 0 Å². The zero-order valence-corrected chi connectivity index (χ0v) is 30.4. The number of hydrogen-bond donors (Lipinski definition) is 0. The molecule has 0 fully saturated rings. The van der Waals surface area contributed by atoms with Gasteiger partial charge in [0.25, 0.3) is 0 Å². The quantitative estimate of drug-likeness (QED) is 0.172. The summed E-state index contributed by atoms with van der Waals surface area (Å²) in [4.78, 5) is 5.11. The Labute approximate surface area is 324 Å². The largest absolute Gasteiger partial charge is 0.455 e. The number of fused-ring (bicyclic) bond motifs is 6. The zero-order valence-electron chi connectivity index (χ0n) is 30.4. The summed E-state index contributed by atoms with van der Waals surface area (Å²) in [5.74, 6) is 0. The number of hydrogen-bond acceptors (Lipinski definition) is 2. The molecular weight excluding hydrogens is 681 g/mol. The summed E-state index contributed by atoms with van der Waals surface area (Å²) >= 11 is 0. The van der Waals surface area contributed by atoms with Crippen LogP contribution in [0.1, 0.15) is 0 Å². The molecule has 0 aliphatic rings. The minimum absolute atomic E-state index is 0.907. The third-order valence-corrected chi connectivity index (χ3v) is 11.0. The van der Waals surface area contributed by atoms with E-state index in [1.165, 1.54) is 32.9 Å². The molecule has 262 valence electrons. The normalized spacial score (nSPS) is 11.6. The second-order valence-corrected chi connectivity index (χ2v) is 14.4. The second kappa shape index (κ2) is 13.1. The highest BCUT2D eigenvalue weighted by Crippen LogP contribution is 2.40. The predicted octanol–water partition coefficient (Wildman–Crippen LogP) is 14.4. The van der Waals surface area contributed by atoms with Crippen LogP contribution < -0.4 is 0 Å². The molecule has 3 heterocycles. The van der Waals surface area contributed by atoms with Gasteiger partial charge in [-0.2, -0.15) is 0 Å². The van der Waals surface area contributed by atoms with E-state index in [0.29, 0.717) is 0 Å². The number of para-hydroxylation sites is 3. The Morgan fingerprint density at radius 2 is 0.911 bits per heavy atom. The van der Waals surface area contributed by atoms with Gasteiger partial charge in [-0.05, 0) is 82.4 Å². The molecule has 56 heavy (non-hydrogen) atoms. The van der Waals surface area contributed by atoms with Gasteiger partial charge in [0.05, 0.1) is 22.4 Å². The molecule has 0 saturated heterocycles. The highest BCUT2D eigenvalue weighted by atomic mass is 16.3. The Hall–Kier alpha value is -7.49. The molecule has 0 spiro atoms. The monoisotopic (exact) mass is 714 g/mol. The first-order chi connectivity index (χ1) is 27.7. The molecule has 0 bridgehead atoms. The molecule has 3 nitrogen and oxygen atoms in total. The summed E-state index contributed by atoms with van der Waals surface area (Å²) in [5.41, 5.74) is 16.2. The van der Waals surface area contributed by atoms with Crippen molar-refractivity contribution in [2.75, 3.05) is 0 Å². The molecule has 11 aromatic rings. The van der Waals surface area contributed by atoms with Crippen LogP contribution >= 0.6 is 0 Å². The fraction of sp³-hybridized carbons (Fsp3) is 0. The number of rotatable bonds is 6. The Balaban J connectivity index is 1.02. The Kier molecular flexibility index (Phi) is 7.49. The van der Waals surface area contributed by atoms with Crippen LogP contribution in [0.25, 0.3) is 105 Å². The van der Waals surface area contributed by atoms with Crippen molar-refractivity contribution in [3.05, 3.63) is 206 Å². The van der Waals surface area contributed by atoms with Crippen molar-refractivity contribution in [2.24, 2.45) is 0 Å². The Morgan fingerprint density at radius 3 is 1.70 bits per heavy atom. The lowest BCUT2D eigenvalue weighted by Gasteiger charge is -2.12. The molecule has 0 aliphatic carbocycles. The molecule has 0 radical (unpaired) electrons. The van der Waals surface area contributed by atoms with E-state index in [2.05, 4.69) is 187 Å². The van der Waals surface area contributed by atoms with Crippen molar-refractivity contribution in [3.8, 4) is 61.6 Å². The van der Waals surface area contributed by atoms with E-state index in [4.69, 9.17) is 9.40 Å². The van der Waals surface area contributed by atoms with Crippen LogP contribution in [-0.4, -0.2) is 9.55 Å². The van der Waals surface area contributed by atoms with Crippen LogP contribution in [0.4, 0.5) is 0 Å². The van der Waals surface area contributed by atoms with Crippen molar-refractivity contribution >= 4 is 43.7 Å². The van der Waals surface area contributed by atoms with Crippen LogP contribution in [-0.2, 0) is 0 Å². The van der Waals surface area contributed by atoms with Crippen LogP contribution in [0.5, 0.6) is 0 Å². The summed E-state index contributed by atoms with van der Waals surface area (Å²) in [6.07, 6.45) is 0. The van der Waals surface area contributed by atoms with Gasteiger partial charge in [0, 0.05) is 43.9 Å². The SMILES string of the molecule is c1ccc(-c2cc(-c3cccc(-c4ccc5c(c4)c4ccccc4n5-c4cccc(-c5cccc6c5oc5ccccc56)c4)c3)cc(-c3ccccc3)n2)cc1. The molecule has 0 N–H and O–H groups in total. The molecule has 3 heteroatoms. The molecule has 8 aromatic carbocycles. The average Bonchev–Trinajstić information content (AvgIpc) is 3.83. The van der Waals surface area contributed by atoms with E-state index in [0.717, 1.165) is 72.4 Å². The van der Waals surface area contributed by atoms with E-state index in [-0.39, 0.29) is 0 Å². The van der Waals surface area contributed by atoms with Gasteiger partial charge in [-0.25, -0.2) is 4.98 Å². The summed E-state index contributed by atoms with van der Waals surface area (Å²) < 4.78 is 8.83. The molecular formula is C53H34N2O. The smallest absolute Gasteiger partial charge is 0.143 e. The molecule has 0 unspecified atom stereocenters. The topological polar surface area (TPSA) is 31.0 Å². The standard InChI is InChI=1S/C53H34N2O/c1-3-14-35(15-4-1)48-33-41(34-49(54-48)36-16-5-2-6-17-36)38-19-11-18-37(30-38)39-28-29-51-47(32-39)44-22-7-9-26-50(44)55(51)42-21-12-20-40(31-42)43-24-13-25-46-45-23-8-10-27-52(45)56-53(43)46/h1-34H. The Morgan fingerprint density at radius 1 is 0.339 bits per heavy atom. The molecule has 0 saturated carbocycles. The lowest BCUT2D eigenvalue weighted by Crippen LogP contribution is -1.94. The maximum Gasteiger partial charge on any atom is 0.143 e. The maximum atomic E-state index is 6.44. The molecule has 0 atom stereocenters. The molecule has 0 aliphatic heterocycles. The van der Waals surface area contributed by atoms with E-state index in [1.807, 2.05) is 24.3 Å². The van der Waals surface area contributed by atoms with Gasteiger partial charge < -0.3 is 8.98 Å². The van der Waals surface area contributed by atoms with Crippen LogP contribution in [0, 0.1) is 0 Å². The van der Waals surface area contributed by atoms with Crippen LogP contribution in [0.2, 0.25) is 0 Å². The first-order valence-electron chi connectivity index (χ1n) is 19.0. The third-order valence-electron chi connectivity index (χ3n) is 11.0. The van der Waals surface area contributed by atoms with E-state index < -0.39 is 0 Å². The highest BCUT2D eigenvalue weighted by molar-refractivity contribution is 6.11. The van der Waals surface area contributed by atoms with Gasteiger partial charge in [-0.1, -0.05) is 152 Å². The summed E-state index contributed by atoms with van der Waals surface area (Å²) in [6, 6.07) is 73.3. The number of aromatic nitrogens is 2. The van der Waals surface area contributed by atoms with Gasteiger partial charge in [0.1, 0.15) is 11.2 Å². The lowest BCUT2D eigenvalue weighted by atomic mass is 9.96. The van der Waals surface area contributed by atoms with E-state index in [1.54, 1.807) is 0 Å². The van der Waals surface area contributed by atoms with Crippen molar-refractivity contribution in [3.63, 3.8) is 0 Å². The average molecular weight is 715 g/mol. The minimum Gasteiger partial charge on any atom is -0.455 e. The summed E-state index contributed by atoms with van der Waals surface area (Å²) in [5, 5.41) is 4.71. The van der Waals surface area contributed by atoms with Crippen molar-refractivity contribution in [2.45, 2.75) is 0 Å². The van der Waals surface area contributed by atoms with Gasteiger partial charge in [-0.3, -0.25) is 0 Å². The van der Waals surface area contributed by atoms with Crippen LogP contribution in [0.15, 0.2) is 211 Å². The van der Waals surface area contributed by atoms with Gasteiger partial charge in [0.15, 0.2) is 0 Å². The fourth-order valence-corrected chi connectivity index (χ4v) is 8.31. The first kappa shape index (κ1) is 32.0. The number of benzene rings is 8. The van der Waals surface area contributed by atoms with E-state index in [9.17, 15) is 0 Å². The van der Waals surface area contributed by atoms with Crippen molar-refractivity contribution < 1.29 is 4.42 Å². The molecule has 11 rings (SSSR count). The summed E-state index contributed by atoms with van der Waals surface area (Å²) in [6.45, 7) is 0. The molecule has 0 amide bonds. The highest BCUT2D eigenvalue weighted by Gasteiger charge is 2.17. The second-order valence-electron chi connectivity index (χ2n) is 14.4. The van der Waals surface area contributed by atoms with Gasteiger partial charge in [-0.15, -0.1) is 0 Å². The lowest BCUT2D eigenvalue weighted by molar-refractivity contribution is 0.670. The third kappa shape index (κ3) is 5.40. The van der Waals surface area contributed by atoms with E-state index >= 15 is 0 Å². The van der Waals surface area contributed by atoms with Gasteiger partial charge in [0.2, 0.25) is 0 Å². The first-order valence-corrected chi connectivity index (χ1v) is 19.0. The molecule has 3 aromatic heterocycles. The summed E-state index contributed by atoms with van der Waals surface area (Å²) in [7, 11) is 0. The van der Waals surface area contributed by atoms with Crippen molar-refractivity contribution in [1.82, 2.24) is 9.55 Å². The predicted molar refractivity (Wildman–Crippen MR) is 233 cm³/mol. The Bertz CT molecular complexity index is 3190. The maximum absolute atomic E-state index is 6.44. The fourth-order valence-electron chi connectivity index (χ4n) is 8.31. The number of nitrogens with zero attached hydrogens (tertiary/aromatic N) is 2. The van der Waals surface area contributed by atoms with Crippen molar-refractivity contribution in [1.29, 1.82) is 0 Å². The number of furan rings is 1. The minimum atomic E-state index is 0.907. The number of pyridine rings is 1.